The van der Waals surface area contributed by atoms with Crippen LogP contribution in [-0.2, 0) is 12.8 Å². The van der Waals surface area contributed by atoms with Crippen LogP contribution in [-0.4, -0.2) is 21.7 Å². The number of fused-ring (bicyclic) bond motifs is 1. The van der Waals surface area contributed by atoms with E-state index in [1.165, 1.54) is 44.3 Å². The average Bonchev–Trinajstić information content (AvgIpc) is 3.34. The van der Waals surface area contributed by atoms with Crippen molar-refractivity contribution in [3.63, 3.8) is 0 Å². The zero-order chi connectivity index (χ0) is 25.9. The monoisotopic (exact) mass is 482 g/mol. The molecule has 2 N–H and O–H groups in total. The summed E-state index contributed by atoms with van der Waals surface area (Å²) >= 11 is 0. The molecule has 0 radical (unpaired) electrons. The summed E-state index contributed by atoms with van der Waals surface area (Å²) in [7, 11) is 0. The van der Waals surface area contributed by atoms with Gasteiger partial charge in [-0.3, -0.25) is 4.98 Å². The minimum absolute atomic E-state index is 0.0625. The summed E-state index contributed by atoms with van der Waals surface area (Å²) < 4.78 is 0. The van der Waals surface area contributed by atoms with Crippen molar-refractivity contribution in [2.75, 3.05) is 6.61 Å². The van der Waals surface area contributed by atoms with E-state index in [0.717, 1.165) is 31.2 Å². The molecule has 0 saturated heterocycles. The van der Waals surface area contributed by atoms with E-state index in [0.29, 0.717) is 5.92 Å². The molecule has 36 heavy (non-hydrogen) atoms. The minimum Gasteiger partial charge on any atom is -0.396 e. The maximum absolute atomic E-state index is 10.9. The smallest absolute Gasteiger partial charge is 0.0643 e. The Hall–Kier alpha value is -2.91. The zero-order valence-electron chi connectivity index (χ0n) is 22.9. The number of aromatic nitrogens is 2. The standard InChI is InChI=1S/C33H42N2O/c1-7-23-12-11-13-24(8-2)31(23)28-18-25(14-15-26(28)22(5)6)32(33(9-3,10-4)21-36)29-19-35-30-20-34-17-16-27(29)30/h11-20,22,32,35-36H,7-10,21H2,1-6H3. The second kappa shape index (κ2) is 11.0. The van der Waals surface area contributed by atoms with Crippen LogP contribution in [0.15, 0.2) is 61.1 Å². The Morgan fingerprint density at radius 1 is 0.917 bits per heavy atom. The Morgan fingerprint density at radius 2 is 1.61 bits per heavy atom. The number of aryl methyl sites for hydroxylation is 2. The van der Waals surface area contributed by atoms with Crippen LogP contribution in [0, 0.1) is 5.41 Å². The zero-order valence-corrected chi connectivity index (χ0v) is 22.9. The van der Waals surface area contributed by atoms with Crippen LogP contribution in [0.3, 0.4) is 0 Å². The predicted molar refractivity (Wildman–Crippen MR) is 153 cm³/mol. The van der Waals surface area contributed by atoms with E-state index in [1.54, 1.807) is 0 Å². The van der Waals surface area contributed by atoms with E-state index in [2.05, 4.69) is 100 Å². The number of rotatable bonds is 10. The molecule has 4 aromatic rings. The second-order valence-electron chi connectivity index (χ2n) is 10.5. The third-order valence-electron chi connectivity index (χ3n) is 8.46. The third-order valence-corrected chi connectivity index (χ3v) is 8.46. The summed E-state index contributed by atoms with van der Waals surface area (Å²) in [6, 6.07) is 16.0. The highest BCUT2D eigenvalue weighted by molar-refractivity contribution is 5.84. The molecule has 2 heterocycles. The van der Waals surface area contributed by atoms with Gasteiger partial charge in [0.1, 0.15) is 0 Å². The highest BCUT2D eigenvalue weighted by Crippen LogP contribution is 2.49. The molecule has 0 amide bonds. The maximum Gasteiger partial charge on any atom is 0.0643 e. The normalized spacial score (nSPS) is 13.0. The largest absolute Gasteiger partial charge is 0.396 e. The molecule has 2 aromatic carbocycles. The highest BCUT2D eigenvalue weighted by atomic mass is 16.3. The van der Waals surface area contributed by atoms with E-state index >= 15 is 0 Å². The quantitative estimate of drug-likeness (QED) is 0.238. The SMILES string of the molecule is CCc1cccc(CC)c1-c1cc(C(c2c[nH]c3cnccc23)C(CC)(CC)CO)ccc1C(C)C. The lowest BCUT2D eigenvalue weighted by Crippen LogP contribution is -2.32. The number of aliphatic hydroxyl groups excluding tert-OH is 1. The van der Waals surface area contributed by atoms with Crippen molar-refractivity contribution < 1.29 is 5.11 Å². The van der Waals surface area contributed by atoms with E-state index in [-0.39, 0.29) is 17.9 Å². The molecule has 0 aliphatic carbocycles. The van der Waals surface area contributed by atoms with Gasteiger partial charge in [0, 0.05) is 35.7 Å². The molecular weight excluding hydrogens is 440 g/mol. The Labute approximate surface area is 217 Å². The van der Waals surface area contributed by atoms with Gasteiger partial charge < -0.3 is 10.1 Å². The molecule has 0 aliphatic rings. The summed E-state index contributed by atoms with van der Waals surface area (Å²) in [4.78, 5) is 7.77. The van der Waals surface area contributed by atoms with Gasteiger partial charge in [0.15, 0.2) is 0 Å². The molecule has 3 nitrogen and oxygen atoms in total. The molecule has 0 saturated carbocycles. The van der Waals surface area contributed by atoms with Crippen LogP contribution in [0.2, 0.25) is 0 Å². The van der Waals surface area contributed by atoms with Crippen molar-refractivity contribution >= 4 is 10.9 Å². The fourth-order valence-electron chi connectivity index (χ4n) is 6.13. The van der Waals surface area contributed by atoms with E-state index in [1.807, 2.05) is 12.4 Å². The van der Waals surface area contributed by atoms with Gasteiger partial charge >= 0.3 is 0 Å². The Morgan fingerprint density at radius 3 is 2.19 bits per heavy atom. The summed E-state index contributed by atoms with van der Waals surface area (Å²) in [5.41, 5.74) is 10.3. The highest BCUT2D eigenvalue weighted by Gasteiger charge is 2.39. The van der Waals surface area contributed by atoms with Gasteiger partial charge in [-0.25, -0.2) is 0 Å². The molecular formula is C33H42N2O. The van der Waals surface area contributed by atoms with Gasteiger partial charge in [0.25, 0.3) is 0 Å². The van der Waals surface area contributed by atoms with Crippen LogP contribution < -0.4 is 0 Å². The summed E-state index contributed by atoms with van der Waals surface area (Å²) in [6.45, 7) is 13.7. The molecule has 1 atom stereocenters. The lowest BCUT2D eigenvalue weighted by atomic mass is 9.65. The van der Waals surface area contributed by atoms with Crippen molar-refractivity contribution in [1.82, 2.24) is 9.97 Å². The lowest BCUT2D eigenvalue weighted by Gasteiger charge is -2.39. The van der Waals surface area contributed by atoms with Crippen molar-refractivity contribution in [2.24, 2.45) is 5.41 Å². The topological polar surface area (TPSA) is 48.9 Å². The van der Waals surface area contributed by atoms with Crippen LogP contribution in [0.1, 0.15) is 94.0 Å². The first-order chi connectivity index (χ1) is 17.4. The number of pyridine rings is 1. The first kappa shape index (κ1) is 26.2. The lowest BCUT2D eigenvalue weighted by molar-refractivity contribution is 0.0979. The van der Waals surface area contributed by atoms with Crippen LogP contribution in [0.5, 0.6) is 0 Å². The first-order valence-electron chi connectivity index (χ1n) is 13.7. The van der Waals surface area contributed by atoms with Gasteiger partial charge in [0.05, 0.1) is 11.7 Å². The summed E-state index contributed by atoms with van der Waals surface area (Å²) in [5.74, 6) is 0.480. The molecule has 0 fully saturated rings. The van der Waals surface area contributed by atoms with E-state index in [4.69, 9.17) is 0 Å². The Kier molecular flexibility index (Phi) is 8.00. The van der Waals surface area contributed by atoms with Gasteiger partial charge in [-0.05, 0) is 76.6 Å². The second-order valence-corrected chi connectivity index (χ2v) is 10.5. The molecule has 0 spiro atoms. The molecule has 0 bridgehead atoms. The van der Waals surface area contributed by atoms with E-state index in [9.17, 15) is 5.11 Å². The number of nitrogens with zero attached hydrogens (tertiary/aromatic N) is 1. The fourth-order valence-corrected chi connectivity index (χ4v) is 6.13. The summed E-state index contributed by atoms with van der Waals surface area (Å²) in [5, 5.41) is 12.0. The van der Waals surface area contributed by atoms with Crippen LogP contribution >= 0.6 is 0 Å². The van der Waals surface area contributed by atoms with Gasteiger partial charge in [-0.15, -0.1) is 0 Å². The fraction of sp³-hybridized carbons (Fsp3) is 0.424. The number of aliphatic hydroxyl groups is 1. The van der Waals surface area contributed by atoms with E-state index < -0.39 is 0 Å². The van der Waals surface area contributed by atoms with Crippen LogP contribution in [0.4, 0.5) is 0 Å². The molecule has 1 unspecified atom stereocenters. The number of aromatic amines is 1. The van der Waals surface area contributed by atoms with Crippen molar-refractivity contribution in [3.8, 4) is 11.1 Å². The first-order valence-corrected chi connectivity index (χ1v) is 13.7. The molecule has 0 aliphatic heterocycles. The van der Waals surface area contributed by atoms with Crippen LogP contribution in [0.25, 0.3) is 22.0 Å². The Balaban J connectivity index is 2.05. The van der Waals surface area contributed by atoms with Crippen molar-refractivity contribution in [1.29, 1.82) is 0 Å². The number of H-pyrrole nitrogens is 1. The third kappa shape index (κ3) is 4.50. The number of benzene rings is 2. The number of nitrogens with one attached hydrogen (secondary N) is 1. The van der Waals surface area contributed by atoms with Gasteiger partial charge in [0.2, 0.25) is 0 Å². The van der Waals surface area contributed by atoms with Gasteiger partial charge in [-0.1, -0.05) is 77.9 Å². The average molecular weight is 483 g/mol. The maximum atomic E-state index is 10.9. The number of hydrogen-bond acceptors (Lipinski definition) is 2. The number of hydrogen-bond donors (Lipinski definition) is 2. The summed E-state index contributed by atoms with van der Waals surface area (Å²) in [6.07, 6.45) is 9.72. The van der Waals surface area contributed by atoms with Gasteiger partial charge in [-0.2, -0.15) is 0 Å². The minimum atomic E-state index is -0.257. The molecule has 3 heteroatoms. The van der Waals surface area contributed by atoms with Crippen molar-refractivity contribution in [2.45, 2.75) is 79.1 Å². The predicted octanol–water partition coefficient (Wildman–Crippen LogP) is 8.41. The molecule has 190 valence electrons. The van der Waals surface area contributed by atoms with Crippen molar-refractivity contribution in [3.05, 3.63) is 88.9 Å². The molecule has 2 aromatic heterocycles. The molecule has 4 rings (SSSR count). The Bertz CT molecular complexity index is 1280.